The second-order valence-electron chi connectivity index (χ2n) is 11.3. The molecule has 0 saturated carbocycles. The van der Waals surface area contributed by atoms with Gasteiger partial charge in [-0.3, -0.25) is 14.6 Å². The molecule has 11 nitrogen and oxygen atoms in total. The lowest BCUT2D eigenvalue weighted by Gasteiger charge is -2.34. The highest BCUT2D eigenvalue weighted by Gasteiger charge is 2.25. The Balaban J connectivity index is 1.04. The maximum absolute atomic E-state index is 11.8. The van der Waals surface area contributed by atoms with Crippen LogP contribution in [0.4, 0.5) is 0 Å². The van der Waals surface area contributed by atoms with Crippen LogP contribution >= 0.6 is 11.3 Å². The summed E-state index contributed by atoms with van der Waals surface area (Å²) >= 11 is 1.66. The molecule has 0 bridgehead atoms. The number of piperazine rings is 1. The highest BCUT2D eigenvalue weighted by atomic mass is 32.1. The van der Waals surface area contributed by atoms with Gasteiger partial charge in [-0.2, -0.15) is 4.98 Å². The summed E-state index contributed by atoms with van der Waals surface area (Å²) in [6, 6.07) is 13.3. The van der Waals surface area contributed by atoms with Gasteiger partial charge < -0.3 is 23.8 Å². The van der Waals surface area contributed by atoms with Crippen molar-refractivity contribution >= 4 is 27.5 Å². The van der Waals surface area contributed by atoms with E-state index in [2.05, 4.69) is 24.9 Å². The number of ether oxygens (including phenoxy) is 3. The lowest BCUT2D eigenvalue weighted by Crippen LogP contribution is -2.48. The van der Waals surface area contributed by atoms with Gasteiger partial charge in [-0.25, -0.2) is 4.98 Å². The first-order chi connectivity index (χ1) is 20.7. The number of carbonyl (C=O) groups is 1. The van der Waals surface area contributed by atoms with Crippen LogP contribution in [0.25, 0.3) is 21.6 Å². The van der Waals surface area contributed by atoms with Gasteiger partial charge in [0.2, 0.25) is 11.7 Å². The summed E-state index contributed by atoms with van der Waals surface area (Å²) in [5, 5.41) is 15.7. The number of esters is 1. The van der Waals surface area contributed by atoms with Crippen molar-refractivity contribution in [3.63, 3.8) is 0 Å². The monoisotopic (exact) mass is 609 g/mol. The molecule has 4 aromatic rings. The normalized spacial score (nSPS) is 15.5. The summed E-state index contributed by atoms with van der Waals surface area (Å²) in [6.45, 7) is 12.5. The average Bonchev–Trinajstić information content (AvgIpc) is 3.58. The number of aryl methyl sites for hydroxylation is 1. The molecular formula is C31H39N5O6S. The molecule has 0 spiro atoms. The van der Waals surface area contributed by atoms with Gasteiger partial charge in [0.15, 0.2) is 0 Å². The average molecular weight is 610 g/mol. The predicted octanol–water partition coefficient (Wildman–Crippen LogP) is 4.32. The first-order valence-corrected chi connectivity index (χ1v) is 15.4. The number of rotatable bonds is 13. The summed E-state index contributed by atoms with van der Waals surface area (Å²) < 4.78 is 23.5. The SMILES string of the molecule is CCOC(=O)CC(C)(C)Oc1ccc(-c2noc(CN3CCN(CC(O)COc4ccc5sc(C)nc5c4)CC3)n2)cc1. The molecule has 2 aromatic carbocycles. The Labute approximate surface area is 255 Å². The quantitative estimate of drug-likeness (QED) is 0.218. The van der Waals surface area contributed by atoms with E-state index >= 15 is 0 Å². The molecule has 43 heavy (non-hydrogen) atoms. The molecule has 1 saturated heterocycles. The Morgan fingerprint density at radius 1 is 1.07 bits per heavy atom. The van der Waals surface area contributed by atoms with Gasteiger partial charge in [0.05, 0.1) is 34.8 Å². The number of β-amino-alcohol motifs (C(OH)–C–C–N with tert-alkyl or cyclic N) is 1. The third-order valence-corrected chi connectivity index (χ3v) is 8.00. The molecule has 1 aliphatic rings. The fourth-order valence-corrected chi connectivity index (χ4v) is 5.81. The van der Waals surface area contributed by atoms with Crippen molar-refractivity contribution in [2.45, 2.75) is 52.4 Å². The van der Waals surface area contributed by atoms with Crippen LogP contribution < -0.4 is 9.47 Å². The third kappa shape index (κ3) is 8.73. The molecule has 1 unspecified atom stereocenters. The van der Waals surface area contributed by atoms with Crippen molar-refractivity contribution < 1.29 is 28.6 Å². The third-order valence-electron chi connectivity index (χ3n) is 7.05. The summed E-state index contributed by atoms with van der Waals surface area (Å²) in [7, 11) is 0. The van der Waals surface area contributed by atoms with Crippen molar-refractivity contribution in [1.29, 1.82) is 0 Å². The molecule has 1 aliphatic heterocycles. The smallest absolute Gasteiger partial charge is 0.309 e. The van der Waals surface area contributed by atoms with E-state index in [1.165, 1.54) is 0 Å². The fourth-order valence-electron chi connectivity index (χ4n) is 5.00. The summed E-state index contributed by atoms with van der Waals surface area (Å²) in [4.78, 5) is 25.4. The Morgan fingerprint density at radius 2 is 1.79 bits per heavy atom. The van der Waals surface area contributed by atoms with Crippen molar-refractivity contribution in [2.24, 2.45) is 0 Å². The Bertz CT molecular complexity index is 1500. The summed E-state index contributed by atoms with van der Waals surface area (Å²) in [5.74, 6) is 2.14. The number of carbonyl (C=O) groups excluding carboxylic acids is 1. The minimum Gasteiger partial charge on any atom is -0.491 e. The number of aliphatic hydroxyl groups is 1. The lowest BCUT2D eigenvalue weighted by molar-refractivity contribution is -0.146. The largest absolute Gasteiger partial charge is 0.491 e. The Morgan fingerprint density at radius 3 is 2.53 bits per heavy atom. The predicted molar refractivity (Wildman–Crippen MR) is 163 cm³/mol. The van der Waals surface area contributed by atoms with Gasteiger partial charge in [-0.05, 0) is 64.1 Å². The highest BCUT2D eigenvalue weighted by Crippen LogP contribution is 2.27. The number of thiazole rings is 1. The van der Waals surface area contributed by atoms with Crippen LogP contribution in [0.5, 0.6) is 11.5 Å². The van der Waals surface area contributed by atoms with E-state index in [4.69, 9.17) is 18.7 Å². The van der Waals surface area contributed by atoms with E-state index in [0.717, 1.165) is 52.7 Å². The van der Waals surface area contributed by atoms with Gasteiger partial charge >= 0.3 is 5.97 Å². The van der Waals surface area contributed by atoms with Gasteiger partial charge in [0.1, 0.15) is 29.8 Å². The van der Waals surface area contributed by atoms with Crippen LogP contribution in [0, 0.1) is 6.92 Å². The number of aliphatic hydroxyl groups excluding tert-OH is 1. The minimum absolute atomic E-state index is 0.158. The molecule has 3 heterocycles. The molecule has 2 aromatic heterocycles. The first kappa shape index (κ1) is 30.9. The summed E-state index contributed by atoms with van der Waals surface area (Å²) in [5.41, 5.74) is 1.04. The number of fused-ring (bicyclic) bond motifs is 1. The molecule has 1 N–H and O–H groups in total. The van der Waals surface area contributed by atoms with Crippen LogP contribution in [0.1, 0.15) is 38.1 Å². The lowest BCUT2D eigenvalue weighted by atomic mass is 10.1. The Hall–Kier alpha value is -3.58. The molecular weight excluding hydrogens is 570 g/mol. The van der Waals surface area contributed by atoms with E-state index in [9.17, 15) is 9.90 Å². The van der Waals surface area contributed by atoms with Gasteiger partial charge in [-0.15, -0.1) is 11.3 Å². The molecule has 0 radical (unpaired) electrons. The zero-order valence-corrected chi connectivity index (χ0v) is 25.9. The van der Waals surface area contributed by atoms with Crippen molar-refractivity contribution in [2.75, 3.05) is 45.9 Å². The zero-order valence-electron chi connectivity index (χ0n) is 25.1. The molecule has 1 atom stereocenters. The van der Waals surface area contributed by atoms with Gasteiger partial charge in [0, 0.05) is 44.4 Å². The topological polar surface area (TPSA) is 123 Å². The number of nitrogens with zero attached hydrogens (tertiary/aromatic N) is 5. The van der Waals surface area contributed by atoms with Gasteiger partial charge in [-0.1, -0.05) is 5.16 Å². The highest BCUT2D eigenvalue weighted by molar-refractivity contribution is 7.18. The second-order valence-corrected chi connectivity index (χ2v) is 12.5. The van der Waals surface area contributed by atoms with Crippen molar-refractivity contribution in [1.82, 2.24) is 24.9 Å². The van der Waals surface area contributed by atoms with E-state index in [0.29, 0.717) is 37.2 Å². The molecule has 12 heteroatoms. The second kappa shape index (κ2) is 13.8. The van der Waals surface area contributed by atoms with Crippen molar-refractivity contribution in [3.05, 3.63) is 53.4 Å². The van der Waals surface area contributed by atoms with Crippen LogP contribution in [-0.4, -0.2) is 93.6 Å². The number of hydrogen-bond acceptors (Lipinski definition) is 12. The van der Waals surface area contributed by atoms with Crippen LogP contribution in [-0.2, 0) is 16.1 Å². The Kier molecular flexibility index (Phi) is 9.91. The van der Waals surface area contributed by atoms with E-state index in [-0.39, 0.29) is 19.0 Å². The molecule has 0 amide bonds. The van der Waals surface area contributed by atoms with Crippen LogP contribution in [0.3, 0.4) is 0 Å². The molecule has 0 aliphatic carbocycles. The van der Waals surface area contributed by atoms with Gasteiger partial charge in [0.25, 0.3) is 0 Å². The fraction of sp³-hybridized carbons (Fsp3) is 0.484. The molecule has 230 valence electrons. The number of aromatic nitrogens is 3. The number of hydrogen-bond donors (Lipinski definition) is 1. The summed E-state index contributed by atoms with van der Waals surface area (Å²) in [6.07, 6.45) is -0.427. The maximum atomic E-state index is 11.8. The maximum Gasteiger partial charge on any atom is 0.309 e. The van der Waals surface area contributed by atoms with E-state index < -0.39 is 11.7 Å². The van der Waals surface area contributed by atoms with Crippen molar-refractivity contribution in [3.8, 4) is 22.9 Å². The zero-order chi connectivity index (χ0) is 30.4. The standard InChI is InChI=1S/C31H39N5O6S/c1-5-39-29(38)17-31(3,4)41-24-8-6-22(7-9-24)30-33-28(42-34-30)19-36-14-12-35(13-15-36)18-23(37)20-40-25-10-11-27-26(16-25)32-21(2)43-27/h6-11,16,23,37H,5,12-15,17-20H2,1-4H3. The van der Waals surface area contributed by atoms with Crippen LogP contribution in [0.2, 0.25) is 0 Å². The van der Waals surface area contributed by atoms with E-state index in [1.54, 1.807) is 18.3 Å². The molecule has 5 rings (SSSR count). The first-order valence-electron chi connectivity index (χ1n) is 14.6. The number of benzene rings is 2. The molecule has 1 fully saturated rings. The van der Waals surface area contributed by atoms with Crippen LogP contribution in [0.15, 0.2) is 47.0 Å². The van der Waals surface area contributed by atoms with E-state index in [1.807, 2.05) is 63.2 Å². The minimum atomic E-state index is -0.695.